The average Bonchev–Trinajstić information content (AvgIpc) is 2.41. The maximum Gasteiger partial charge on any atom is 0.252 e. The van der Waals surface area contributed by atoms with Gasteiger partial charge in [-0.3, -0.25) is 4.79 Å². The van der Waals surface area contributed by atoms with Crippen molar-refractivity contribution < 1.29 is 9.63 Å². The van der Waals surface area contributed by atoms with Gasteiger partial charge in [0.05, 0.1) is 6.54 Å². The standard InChI is InChI=1S/C17H28N2O2/c1-5-6-7-8-13-19(14(2)20)21-16-11-9-15(10-12-16)17(3,4)18/h9-12H,5-8,13,18H2,1-4H3. The van der Waals surface area contributed by atoms with Crippen molar-refractivity contribution in [1.82, 2.24) is 5.06 Å². The molecule has 1 rings (SSSR count). The number of hydroxylamine groups is 2. The van der Waals surface area contributed by atoms with Gasteiger partial charge in [0.2, 0.25) is 0 Å². The predicted molar refractivity (Wildman–Crippen MR) is 85.8 cm³/mol. The molecular formula is C17H28N2O2. The number of amides is 1. The molecule has 0 bridgehead atoms. The Kier molecular flexibility index (Phi) is 6.69. The van der Waals surface area contributed by atoms with Crippen LogP contribution in [-0.4, -0.2) is 17.5 Å². The Hall–Kier alpha value is -1.55. The van der Waals surface area contributed by atoms with Gasteiger partial charge in [0, 0.05) is 12.5 Å². The summed E-state index contributed by atoms with van der Waals surface area (Å²) in [5, 5.41) is 1.43. The zero-order chi connectivity index (χ0) is 15.9. The van der Waals surface area contributed by atoms with E-state index in [1.54, 1.807) is 0 Å². The average molecular weight is 292 g/mol. The van der Waals surface area contributed by atoms with Crippen LogP contribution in [0.3, 0.4) is 0 Å². The van der Waals surface area contributed by atoms with Crippen LogP contribution in [0.15, 0.2) is 24.3 Å². The van der Waals surface area contributed by atoms with Gasteiger partial charge in [-0.15, -0.1) is 0 Å². The molecule has 4 heteroatoms. The van der Waals surface area contributed by atoms with Crippen LogP contribution in [0, 0.1) is 0 Å². The number of benzene rings is 1. The highest BCUT2D eigenvalue weighted by atomic mass is 16.7. The highest BCUT2D eigenvalue weighted by Crippen LogP contribution is 2.21. The van der Waals surface area contributed by atoms with Gasteiger partial charge in [-0.1, -0.05) is 38.3 Å². The predicted octanol–water partition coefficient (Wildman–Crippen LogP) is 3.60. The second-order valence-electron chi connectivity index (χ2n) is 6.02. The van der Waals surface area contributed by atoms with Gasteiger partial charge < -0.3 is 10.6 Å². The molecule has 4 nitrogen and oxygen atoms in total. The van der Waals surface area contributed by atoms with Gasteiger partial charge in [-0.2, -0.15) is 5.06 Å². The van der Waals surface area contributed by atoms with Gasteiger partial charge in [0.1, 0.15) is 0 Å². The summed E-state index contributed by atoms with van der Waals surface area (Å²) in [7, 11) is 0. The Morgan fingerprint density at radius 2 is 1.81 bits per heavy atom. The molecule has 0 atom stereocenters. The summed E-state index contributed by atoms with van der Waals surface area (Å²) in [6.07, 6.45) is 4.44. The molecule has 0 spiro atoms. The fourth-order valence-electron chi connectivity index (χ4n) is 2.02. The van der Waals surface area contributed by atoms with E-state index in [4.69, 9.17) is 10.6 Å². The van der Waals surface area contributed by atoms with Crippen molar-refractivity contribution >= 4 is 5.91 Å². The van der Waals surface area contributed by atoms with E-state index in [2.05, 4.69) is 6.92 Å². The summed E-state index contributed by atoms with van der Waals surface area (Å²) in [4.78, 5) is 17.3. The molecule has 1 aromatic carbocycles. The minimum absolute atomic E-state index is 0.0743. The quantitative estimate of drug-likeness (QED) is 0.588. The lowest BCUT2D eigenvalue weighted by molar-refractivity contribution is -0.155. The van der Waals surface area contributed by atoms with Crippen LogP contribution in [0.2, 0.25) is 0 Å². The molecule has 0 saturated heterocycles. The van der Waals surface area contributed by atoms with Crippen LogP contribution in [0.5, 0.6) is 5.75 Å². The first-order valence-corrected chi connectivity index (χ1v) is 7.70. The maximum atomic E-state index is 11.6. The van der Waals surface area contributed by atoms with Crippen molar-refractivity contribution in [1.29, 1.82) is 0 Å². The van der Waals surface area contributed by atoms with Crippen molar-refractivity contribution in [3.63, 3.8) is 0 Å². The zero-order valence-corrected chi connectivity index (χ0v) is 13.7. The van der Waals surface area contributed by atoms with Crippen molar-refractivity contribution in [3.05, 3.63) is 29.8 Å². The first kappa shape index (κ1) is 17.5. The number of nitrogens with zero attached hydrogens (tertiary/aromatic N) is 1. The molecule has 0 aromatic heterocycles. The van der Waals surface area contributed by atoms with Crippen LogP contribution in [0.25, 0.3) is 0 Å². The smallest absolute Gasteiger partial charge is 0.252 e. The van der Waals surface area contributed by atoms with Crippen molar-refractivity contribution in [2.75, 3.05) is 6.54 Å². The van der Waals surface area contributed by atoms with Crippen molar-refractivity contribution in [2.24, 2.45) is 5.73 Å². The van der Waals surface area contributed by atoms with Gasteiger partial charge in [-0.25, -0.2) is 0 Å². The summed E-state index contributed by atoms with van der Waals surface area (Å²) in [6, 6.07) is 7.58. The maximum absolute atomic E-state index is 11.6. The number of carbonyl (C=O) groups excluding carboxylic acids is 1. The topological polar surface area (TPSA) is 55.6 Å². The summed E-state index contributed by atoms with van der Waals surface area (Å²) in [5.74, 6) is 0.587. The fourth-order valence-corrected chi connectivity index (χ4v) is 2.02. The van der Waals surface area contributed by atoms with Crippen LogP contribution in [0.1, 0.15) is 58.9 Å². The minimum Gasteiger partial charge on any atom is -0.377 e. The number of nitrogens with two attached hydrogens (primary N) is 1. The molecule has 0 fully saturated rings. The second kappa shape index (κ2) is 8.03. The molecule has 0 aliphatic rings. The molecule has 0 aliphatic heterocycles. The number of hydrogen-bond acceptors (Lipinski definition) is 3. The first-order valence-electron chi connectivity index (χ1n) is 7.70. The zero-order valence-electron chi connectivity index (χ0n) is 13.7. The van der Waals surface area contributed by atoms with E-state index in [1.165, 1.54) is 24.8 Å². The summed E-state index contributed by atoms with van der Waals surface area (Å²) in [5.41, 5.74) is 6.70. The molecule has 2 N–H and O–H groups in total. The van der Waals surface area contributed by atoms with E-state index in [9.17, 15) is 4.79 Å². The second-order valence-corrected chi connectivity index (χ2v) is 6.02. The summed E-state index contributed by atoms with van der Waals surface area (Å²) in [6.45, 7) is 8.23. The Bertz CT molecular complexity index is 435. The molecule has 1 aromatic rings. The molecule has 0 heterocycles. The van der Waals surface area contributed by atoms with Gasteiger partial charge in [0.15, 0.2) is 5.75 Å². The van der Waals surface area contributed by atoms with Crippen molar-refractivity contribution in [2.45, 2.75) is 58.9 Å². The first-order chi connectivity index (χ1) is 9.84. The third-order valence-electron chi connectivity index (χ3n) is 3.38. The molecule has 118 valence electrons. The van der Waals surface area contributed by atoms with Gasteiger partial charge in [-0.05, 0) is 38.0 Å². The Morgan fingerprint density at radius 3 is 2.29 bits per heavy atom. The number of carbonyl (C=O) groups is 1. The molecule has 0 unspecified atom stereocenters. The largest absolute Gasteiger partial charge is 0.377 e. The molecular weight excluding hydrogens is 264 g/mol. The lowest BCUT2D eigenvalue weighted by Crippen LogP contribution is -2.33. The molecule has 0 aliphatic carbocycles. The summed E-state index contributed by atoms with van der Waals surface area (Å²) >= 11 is 0. The minimum atomic E-state index is -0.376. The van der Waals surface area contributed by atoms with E-state index in [1.807, 2.05) is 38.1 Å². The van der Waals surface area contributed by atoms with E-state index in [0.29, 0.717) is 12.3 Å². The third kappa shape index (κ3) is 6.17. The van der Waals surface area contributed by atoms with Gasteiger partial charge >= 0.3 is 0 Å². The lowest BCUT2D eigenvalue weighted by atomic mass is 9.96. The Balaban J connectivity index is 2.60. The number of hydrogen-bond donors (Lipinski definition) is 1. The van der Waals surface area contributed by atoms with Crippen molar-refractivity contribution in [3.8, 4) is 5.75 Å². The fraction of sp³-hybridized carbons (Fsp3) is 0.588. The highest BCUT2D eigenvalue weighted by Gasteiger charge is 2.15. The van der Waals surface area contributed by atoms with E-state index in [0.717, 1.165) is 18.4 Å². The molecule has 0 radical (unpaired) electrons. The Morgan fingerprint density at radius 1 is 1.19 bits per heavy atom. The normalized spacial score (nSPS) is 11.3. The third-order valence-corrected chi connectivity index (χ3v) is 3.38. The molecule has 21 heavy (non-hydrogen) atoms. The molecule has 0 saturated carbocycles. The van der Waals surface area contributed by atoms with Gasteiger partial charge in [0.25, 0.3) is 5.91 Å². The molecule has 1 amide bonds. The lowest BCUT2D eigenvalue weighted by Gasteiger charge is -2.22. The van der Waals surface area contributed by atoms with Crippen LogP contribution < -0.4 is 10.6 Å². The summed E-state index contributed by atoms with van der Waals surface area (Å²) < 4.78 is 0. The Labute approximate surface area is 128 Å². The van der Waals surface area contributed by atoms with E-state index >= 15 is 0 Å². The van der Waals surface area contributed by atoms with E-state index in [-0.39, 0.29) is 11.4 Å². The van der Waals surface area contributed by atoms with Crippen LogP contribution >= 0.6 is 0 Å². The number of rotatable bonds is 8. The SMILES string of the molecule is CCCCCCN(Oc1ccc(C(C)(C)N)cc1)C(C)=O. The van der Waals surface area contributed by atoms with Crippen LogP contribution in [-0.2, 0) is 10.3 Å². The van der Waals surface area contributed by atoms with E-state index < -0.39 is 0 Å². The number of unbranched alkanes of at least 4 members (excludes halogenated alkanes) is 3. The van der Waals surface area contributed by atoms with Crippen LogP contribution in [0.4, 0.5) is 0 Å². The highest BCUT2D eigenvalue weighted by molar-refractivity contribution is 5.72. The monoisotopic (exact) mass is 292 g/mol.